The third-order valence-electron chi connectivity index (χ3n) is 5.22. The van der Waals surface area contributed by atoms with Gasteiger partial charge in [0.15, 0.2) is 0 Å². The Bertz CT molecular complexity index is 473. The van der Waals surface area contributed by atoms with Crippen molar-refractivity contribution in [2.45, 2.75) is 51.0 Å². The molecular formula is C18H25NO2. The Labute approximate surface area is 126 Å². The molecule has 0 amide bonds. The molecule has 2 aliphatic rings. The number of aliphatic carboxylic acids is 1. The van der Waals surface area contributed by atoms with Gasteiger partial charge >= 0.3 is 5.97 Å². The quantitative estimate of drug-likeness (QED) is 0.844. The van der Waals surface area contributed by atoms with Gasteiger partial charge in [0, 0.05) is 12.6 Å². The highest BCUT2D eigenvalue weighted by atomic mass is 16.4. The zero-order valence-corrected chi connectivity index (χ0v) is 12.6. The van der Waals surface area contributed by atoms with Gasteiger partial charge in [0.1, 0.15) is 0 Å². The lowest BCUT2D eigenvalue weighted by molar-refractivity contribution is -0.142. The van der Waals surface area contributed by atoms with Gasteiger partial charge in [-0.15, -0.1) is 0 Å². The molecule has 2 N–H and O–H groups in total. The Balaban J connectivity index is 1.44. The SMILES string of the molecule is O=C(O)C1CCC(NCC2(Cc3ccccc3)CC2)CC1. The van der Waals surface area contributed by atoms with Crippen molar-refractivity contribution in [2.75, 3.05) is 6.54 Å². The molecule has 0 heterocycles. The zero-order valence-electron chi connectivity index (χ0n) is 12.6. The molecule has 3 rings (SSSR count). The van der Waals surface area contributed by atoms with Crippen molar-refractivity contribution in [1.29, 1.82) is 0 Å². The van der Waals surface area contributed by atoms with Crippen LogP contribution in [-0.2, 0) is 11.2 Å². The summed E-state index contributed by atoms with van der Waals surface area (Å²) in [6, 6.07) is 11.3. The van der Waals surface area contributed by atoms with Crippen LogP contribution in [-0.4, -0.2) is 23.7 Å². The summed E-state index contributed by atoms with van der Waals surface area (Å²) in [6.07, 6.45) is 7.50. The molecule has 0 atom stereocenters. The highest BCUT2D eigenvalue weighted by molar-refractivity contribution is 5.70. The van der Waals surface area contributed by atoms with Gasteiger partial charge in [-0.1, -0.05) is 30.3 Å². The Morgan fingerprint density at radius 2 is 1.81 bits per heavy atom. The number of benzene rings is 1. The lowest BCUT2D eigenvalue weighted by atomic mass is 9.85. The summed E-state index contributed by atoms with van der Waals surface area (Å²) in [4.78, 5) is 11.0. The van der Waals surface area contributed by atoms with E-state index >= 15 is 0 Å². The van der Waals surface area contributed by atoms with E-state index in [0.29, 0.717) is 11.5 Å². The predicted molar refractivity (Wildman–Crippen MR) is 83.2 cm³/mol. The Morgan fingerprint density at radius 3 is 2.38 bits per heavy atom. The van der Waals surface area contributed by atoms with Gasteiger partial charge in [0.25, 0.3) is 0 Å². The predicted octanol–water partition coefficient (Wildman–Crippen LogP) is 3.24. The van der Waals surface area contributed by atoms with Crippen molar-refractivity contribution in [3.05, 3.63) is 35.9 Å². The molecule has 0 radical (unpaired) electrons. The number of hydrogen-bond donors (Lipinski definition) is 2. The van der Waals surface area contributed by atoms with E-state index < -0.39 is 5.97 Å². The average Bonchev–Trinajstić information content (AvgIpc) is 3.27. The summed E-state index contributed by atoms with van der Waals surface area (Å²) in [6.45, 7) is 1.09. The van der Waals surface area contributed by atoms with Crippen LogP contribution in [0.3, 0.4) is 0 Å². The fourth-order valence-electron chi connectivity index (χ4n) is 3.53. The maximum Gasteiger partial charge on any atom is 0.306 e. The summed E-state index contributed by atoms with van der Waals surface area (Å²) in [5.74, 6) is -0.724. The standard InChI is InChI=1S/C18H25NO2/c20-17(21)15-6-8-16(9-7-15)19-13-18(10-11-18)12-14-4-2-1-3-5-14/h1-5,15-16,19H,6-13H2,(H,20,21). The molecule has 1 aromatic rings. The monoisotopic (exact) mass is 287 g/mol. The van der Waals surface area contributed by atoms with Crippen LogP contribution in [0.2, 0.25) is 0 Å². The molecule has 0 aliphatic heterocycles. The van der Waals surface area contributed by atoms with Crippen molar-refractivity contribution in [3.8, 4) is 0 Å². The molecule has 1 aromatic carbocycles. The van der Waals surface area contributed by atoms with E-state index in [4.69, 9.17) is 5.11 Å². The van der Waals surface area contributed by atoms with Gasteiger partial charge in [-0.05, 0) is 55.9 Å². The van der Waals surface area contributed by atoms with Crippen molar-refractivity contribution < 1.29 is 9.90 Å². The number of carbonyl (C=O) groups is 1. The topological polar surface area (TPSA) is 49.3 Å². The minimum Gasteiger partial charge on any atom is -0.481 e. The molecule has 0 unspecified atom stereocenters. The number of carboxylic acids is 1. The first-order valence-corrected chi connectivity index (χ1v) is 8.17. The molecule has 114 valence electrons. The number of nitrogens with one attached hydrogen (secondary N) is 1. The van der Waals surface area contributed by atoms with Crippen molar-refractivity contribution in [2.24, 2.45) is 11.3 Å². The maximum atomic E-state index is 11.0. The second-order valence-corrected chi connectivity index (χ2v) is 6.93. The zero-order chi connectivity index (χ0) is 14.7. The van der Waals surface area contributed by atoms with Crippen LogP contribution in [0, 0.1) is 11.3 Å². The van der Waals surface area contributed by atoms with Gasteiger partial charge < -0.3 is 10.4 Å². The average molecular weight is 287 g/mol. The van der Waals surface area contributed by atoms with Crippen LogP contribution >= 0.6 is 0 Å². The number of hydrogen-bond acceptors (Lipinski definition) is 2. The van der Waals surface area contributed by atoms with E-state index in [1.807, 2.05) is 0 Å². The Kier molecular flexibility index (Phi) is 4.29. The van der Waals surface area contributed by atoms with Gasteiger partial charge in [0.2, 0.25) is 0 Å². The third-order valence-corrected chi connectivity index (χ3v) is 5.22. The first-order valence-electron chi connectivity index (χ1n) is 8.17. The minimum absolute atomic E-state index is 0.109. The highest BCUT2D eigenvalue weighted by Gasteiger charge is 2.42. The highest BCUT2D eigenvalue weighted by Crippen LogP contribution is 2.48. The number of rotatable bonds is 6. The molecule has 0 spiro atoms. The smallest absolute Gasteiger partial charge is 0.306 e. The van der Waals surface area contributed by atoms with Gasteiger partial charge in [-0.25, -0.2) is 0 Å². The van der Waals surface area contributed by atoms with Crippen molar-refractivity contribution in [3.63, 3.8) is 0 Å². The van der Waals surface area contributed by atoms with Gasteiger partial charge in [-0.2, -0.15) is 0 Å². The Morgan fingerprint density at radius 1 is 1.14 bits per heavy atom. The second kappa shape index (κ2) is 6.18. The molecule has 0 aromatic heterocycles. The normalized spacial score (nSPS) is 27.2. The maximum absolute atomic E-state index is 11.0. The summed E-state index contributed by atoms with van der Waals surface area (Å²) >= 11 is 0. The summed E-state index contributed by atoms with van der Waals surface area (Å²) in [7, 11) is 0. The molecule has 2 fully saturated rings. The second-order valence-electron chi connectivity index (χ2n) is 6.93. The third kappa shape index (κ3) is 3.85. The van der Waals surface area contributed by atoms with Crippen LogP contribution in [0.4, 0.5) is 0 Å². The van der Waals surface area contributed by atoms with E-state index in [9.17, 15) is 4.79 Å². The van der Waals surface area contributed by atoms with Gasteiger partial charge in [-0.3, -0.25) is 4.79 Å². The fraction of sp³-hybridized carbons (Fsp3) is 0.611. The minimum atomic E-state index is -0.615. The lowest BCUT2D eigenvalue weighted by Crippen LogP contribution is -2.38. The van der Waals surface area contributed by atoms with E-state index in [1.54, 1.807) is 0 Å². The van der Waals surface area contributed by atoms with Crippen LogP contribution in [0.25, 0.3) is 0 Å². The van der Waals surface area contributed by atoms with Crippen LogP contribution in [0.1, 0.15) is 44.1 Å². The number of carboxylic acid groups (broad SMARTS) is 1. The summed E-state index contributed by atoms with van der Waals surface area (Å²) in [5.41, 5.74) is 1.90. The molecule has 2 saturated carbocycles. The van der Waals surface area contributed by atoms with E-state index in [1.165, 1.54) is 24.8 Å². The van der Waals surface area contributed by atoms with E-state index in [2.05, 4.69) is 35.6 Å². The molecule has 2 aliphatic carbocycles. The van der Waals surface area contributed by atoms with Crippen LogP contribution in [0.5, 0.6) is 0 Å². The molecule has 3 heteroatoms. The van der Waals surface area contributed by atoms with Crippen molar-refractivity contribution in [1.82, 2.24) is 5.32 Å². The molecule has 21 heavy (non-hydrogen) atoms. The molecule has 0 bridgehead atoms. The Hall–Kier alpha value is -1.35. The van der Waals surface area contributed by atoms with Crippen LogP contribution < -0.4 is 5.32 Å². The lowest BCUT2D eigenvalue weighted by Gasteiger charge is -2.28. The molecule has 3 nitrogen and oxygen atoms in total. The first kappa shape index (κ1) is 14.6. The van der Waals surface area contributed by atoms with Crippen LogP contribution in [0.15, 0.2) is 30.3 Å². The summed E-state index contributed by atoms with van der Waals surface area (Å²) < 4.78 is 0. The first-order chi connectivity index (χ1) is 10.2. The van der Waals surface area contributed by atoms with E-state index in [-0.39, 0.29) is 5.92 Å². The fourth-order valence-corrected chi connectivity index (χ4v) is 3.53. The molecule has 0 saturated heterocycles. The molecular weight excluding hydrogens is 262 g/mol. The van der Waals surface area contributed by atoms with E-state index in [0.717, 1.165) is 32.2 Å². The van der Waals surface area contributed by atoms with Crippen molar-refractivity contribution >= 4 is 5.97 Å². The summed E-state index contributed by atoms with van der Waals surface area (Å²) in [5, 5.41) is 12.7. The largest absolute Gasteiger partial charge is 0.481 e. The van der Waals surface area contributed by atoms with Gasteiger partial charge in [0.05, 0.1) is 5.92 Å².